The first-order chi connectivity index (χ1) is 18.1. The zero-order valence-corrected chi connectivity index (χ0v) is 20.9. The van der Waals surface area contributed by atoms with Crippen LogP contribution < -0.4 is 14.8 Å². The fourth-order valence-corrected chi connectivity index (χ4v) is 4.53. The van der Waals surface area contributed by atoms with E-state index in [0.29, 0.717) is 36.8 Å². The highest BCUT2D eigenvalue weighted by atomic mass is 16.5. The van der Waals surface area contributed by atoms with E-state index in [1.807, 2.05) is 78.9 Å². The first kappa shape index (κ1) is 24.8. The maximum absolute atomic E-state index is 14.0. The van der Waals surface area contributed by atoms with E-state index in [0.717, 1.165) is 29.5 Å². The van der Waals surface area contributed by atoms with Crippen molar-refractivity contribution >= 4 is 11.8 Å². The Kier molecular flexibility index (Phi) is 7.42. The van der Waals surface area contributed by atoms with Gasteiger partial charge in [0.25, 0.3) is 5.91 Å². The third-order valence-corrected chi connectivity index (χ3v) is 6.66. The number of hydrogen-bond acceptors (Lipinski definition) is 6. The maximum Gasteiger partial charge on any atom is 0.252 e. The molecule has 1 fully saturated rings. The van der Waals surface area contributed by atoms with Gasteiger partial charge in [-0.05, 0) is 60.4 Å². The van der Waals surface area contributed by atoms with Gasteiger partial charge >= 0.3 is 0 Å². The monoisotopic (exact) mass is 500 g/mol. The SMILES string of the molecule is COc1cccc([C@H]2OC(c3ccc(OCCCO)cc3)=N[C@@]2(Cc2ccccc2)C(=O)NC2CC2)c1. The average Bonchev–Trinajstić information content (AvgIpc) is 3.67. The molecule has 1 amide bonds. The van der Waals surface area contributed by atoms with Crippen molar-refractivity contribution in [3.05, 3.63) is 95.6 Å². The molecule has 0 unspecified atom stereocenters. The second kappa shape index (κ2) is 11.0. The predicted molar refractivity (Wildman–Crippen MR) is 141 cm³/mol. The van der Waals surface area contributed by atoms with Crippen LogP contribution in [0.15, 0.2) is 83.9 Å². The summed E-state index contributed by atoms with van der Waals surface area (Å²) in [5.41, 5.74) is 1.39. The van der Waals surface area contributed by atoms with Crippen LogP contribution in [0.4, 0.5) is 0 Å². The Morgan fingerprint density at radius 2 is 1.84 bits per heavy atom. The van der Waals surface area contributed by atoms with E-state index in [1.165, 1.54) is 0 Å². The average molecular weight is 501 g/mol. The lowest BCUT2D eigenvalue weighted by atomic mass is 9.82. The Balaban J connectivity index is 1.55. The molecule has 5 rings (SSSR count). The highest BCUT2D eigenvalue weighted by Gasteiger charge is 2.54. The lowest BCUT2D eigenvalue weighted by Crippen LogP contribution is -2.50. The van der Waals surface area contributed by atoms with E-state index >= 15 is 0 Å². The Labute approximate surface area is 217 Å². The molecular formula is C30H32N2O5. The molecule has 2 N–H and O–H groups in total. The Bertz CT molecular complexity index is 1240. The van der Waals surface area contributed by atoms with Crippen LogP contribution in [0.1, 0.15) is 42.1 Å². The second-order valence-electron chi connectivity index (χ2n) is 9.48. The Hall–Kier alpha value is -3.84. The standard InChI is InChI=1S/C30H32N2O5/c1-35-26-10-5-9-23(19-26)27-30(29(34)31-24-13-14-24,20-21-7-3-2-4-8-21)32-28(37-27)22-11-15-25(16-12-22)36-18-6-17-33/h2-5,7-12,15-16,19,24,27,33H,6,13-14,17-18,20H2,1H3,(H,31,34)/t27-,30-/m1/s1. The second-order valence-corrected chi connectivity index (χ2v) is 9.48. The molecule has 1 aliphatic carbocycles. The van der Waals surface area contributed by atoms with E-state index in [1.54, 1.807) is 7.11 Å². The number of carbonyl (C=O) groups excluding carboxylic acids is 1. The molecule has 37 heavy (non-hydrogen) atoms. The lowest BCUT2D eigenvalue weighted by Gasteiger charge is -2.31. The van der Waals surface area contributed by atoms with Crippen molar-refractivity contribution in [1.29, 1.82) is 0 Å². The van der Waals surface area contributed by atoms with E-state index in [2.05, 4.69) is 5.32 Å². The van der Waals surface area contributed by atoms with Crippen LogP contribution in [0.25, 0.3) is 0 Å². The minimum Gasteiger partial charge on any atom is -0.497 e. The summed E-state index contributed by atoms with van der Waals surface area (Å²) in [5, 5.41) is 12.2. The summed E-state index contributed by atoms with van der Waals surface area (Å²) in [6.45, 7) is 0.521. The van der Waals surface area contributed by atoms with Gasteiger partial charge in [0.2, 0.25) is 5.90 Å². The molecule has 0 aromatic heterocycles. The van der Waals surface area contributed by atoms with Gasteiger partial charge in [0.05, 0.1) is 13.7 Å². The molecular weight excluding hydrogens is 468 g/mol. The summed E-state index contributed by atoms with van der Waals surface area (Å²) in [5.74, 6) is 1.67. The molecule has 2 aliphatic rings. The molecule has 7 nitrogen and oxygen atoms in total. The number of methoxy groups -OCH3 is 1. The van der Waals surface area contributed by atoms with Gasteiger partial charge in [0, 0.05) is 31.1 Å². The molecule has 0 saturated heterocycles. The van der Waals surface area contributed by atoms with Crippen molar-refractivity contribution in [3.63, 3.8) is 0 Å². The quantitative estimate of drug-likeness (QED) is 0.385. The highest BCUT2D eigenvalue weighted by Crippen LogP contribution is 2.43. The third-order valence-electron chi connectivity index (χ3n) is 6.66. The van der Waals surface area contributed by atoms with Crippen molar-refractivity contribution in [2.24, 2.45) is 4.99 Å². The van der Waals surface area contributed by atoms with Gasteiger partial charge in [-0.1, -0.05) is 42.5 Å². The summed E-state index contributed by atoms with van der Waals surface area (Å²) in [7, 11) is 1.62. The number of nitrogens with zero attached hydrogens (tertiary/aromatic N) is 1. The number of aliphatic imine (C=N–C) groups is 1. The van der Waals surface area contributed by atoms with Crippen LogP contribution in [0.3, 0.4) is 0 Å². The predicted octanol–water partition coefficient (Wildman–Crippen LogP) is 4.23. The number of rotatable bonds is 11. The summed E-state index contributed by atoms with van der Waals surface area (Å²) >= 11 is 0. The molecule has 3 aromatic rings. The summed E-state index contributed by atoms with van der Waals surface area (Å²) < 4.78 is 17.7. The van der Waals surface area contributed by atoms with Crippen molar-refractivity contribution in [1.82, 2.24) is 5.32 Å². The number of aliphatic hydroxyl groups is 1. The van der Waals surface area contributed by atoms with Gasteiger partial charge < -0.3 is 24.6 Å². The smallest absolute Gasteiger partial charge is 0.252 e. The molecule has 3 aromatic carbocycles. The van der Waals surface area contributed by atoms with Crippen LogP contribution >= 0.6 is 0 Å². The summed E-state index contributed by atoms with van der Waals surface area (Å²) in [4.78, 5) is 19.0. The van der Waals surface area contributed by atoms with Crippen LogP contribution in [-0.4, -0.2) is 48.8 Å². The number of ether oxygens (including phenoxy) is 3. The third kappa shape index (κ3) is 5.62. The molecule has 1 heterocycles. The minimum absolute atomic E-state index is 0.0841. The van der Waals surface area contributed by atoms with Gasteiger partial charge in [0.15, 0.2) is 11.6 Å². The number of nitrogens with one attached hydrogen (secondary N) is 1. The van der Waals surface area contributed by atoms with Gasteiger partial charge in [-0.15, -0.1) is 0 Å². The van der Waals surface area contributed by atoms with E-state index in [9.17, 15) is 4.79 Å². The van der Waals surface area contributed by atoms with Gasteiger partial charge in [0.1, 0.15) is 11.5 Å². The zero-order chi connectivity index (χ0) is 25.7. The fourth-order valence-electron chi connectivity index (χ4n) is 4.53. The molecule has 2 atom stereocenters. The molecule has 1 aliphatic heterocycles. The van der Waals surface area contributed by atoms with Gasteiger partial charge in [-0.25, -0.2) is 4.99 Å². The van der Waals surface area contributed by atoms with Crippen molar-refractivity contribution in [2.75, 3.05) is 20.3 Å². The van der Waals surface area contributed by atoms with Crippen LogP contribution in [0.2, 0.25) is 0 Å². The number of benzene rings is 3. The van der Waals surface area contributed by atoms with E-state index < -0.39 is 11.6 Å². The first-order valence-corrected chi connectivity index (χ1v) is 12.7. The van der Waals surface area contributed by atoms with Crippen molar-refractivity contribution < 1.29 is 24.1 Å². The van der Waals surface area contributed by atoms with Crippen LogP contribution in [0.5, 0.6) is 11.5 Å². The maximum atomic E-state index is 14.0. The Morgan fingerprint density at radius 1 is 1.05 bits per heavy atom. The van der Waals surface area contributed by atoms with Crippen molar-refractivity contribution in [3.8, 4) is 11.5 Å². The molecule has 1 saturated carbocycles. The molecule has 0 bridgehead atoms. The largest absolute Gasteiger partial charge is 0.497 e. The molecule has 192 valence electrons. The summed E-state index contributed by atoms with van der Waals surface area (Å²) in [6.07, 6.45) is 2.27. The topological polar surface area (TPSA) is 89.4 Å². The number of aliphatic hydroxyl groups excluding tert-OH is 1. The molecule has 0 radical (unpaired) electrons. The van der Waals surface area contributed by atoms with Crippen LogP contribution in [-0.2, 0) is 16.0 Å². The highest BCUT2D eigenvalue weighted by molar-refractivity contribution is 6.01. The minimum atomic E-state index is -1.19. The van der Waals surface area contributed by atoms with E-state index in [4.69, 9.17) is 24.3 Å². The van der Waals surface area contributed by atoms with Crippen molar-refractivity contribution in [2.45, 2.75) is 43.4 Å². The van der Waals surface area contributed by atoms with E-state index in [-0.39, 0.29) is 18.6 Å². The van der Waals surface area contributed by atoms with Gasteiger partial charge in [-0.2, -0.15) is 0 Å². The number of hydrogen-bond donors (Lipinski definition) is 2. The lowest BCUT2D eigenvalue weighted by molar-refractivity contribution is -0.129. The molecule has 0 spiro atoms. The number of carbonyl (C=O) groups is 1. The molecule has 7 heteroatoms. The van der Waals surface area contributed by atoms with Gasteiger partial charge in [-0.3, -0.25) is 4.79 Å². The van der Waals surface area contributed by atoms with Crippen LogP contribution in [0, 0.1) is 0 Å². The fraction of sp³-hybridized carbons (Fsp3) is 0.333. The normalized spacial score (nSPS) is 20.6. The summed E-state index contributed by atoms with van der Waals surface area (Å²) in [6, 6.07) is 25.2. The number of amides is 1. The zero-order valence-electron chi connectivity index (χ0n) is 20.9. The Morgan fingerprint density at radius 3 is 2.54 bits per heavy atom. The first-order valence-electron chi connectivity index (χ1n) is 12.7.